The minimum Gasteiger partial charge on any atom is -0.394 e. The van der Waals surface area contributed by atoms with Crippen molar-refractivity contribution in [2.24, 2.45) is 0 Å². The molecule has 0 saturated carbocycles. The van der Waals surface area contributed by atoms with Crippen LogP contribution in [0.5, 0.6) is 0 Å². The number of benzene rings is 1. The summed E-state index contributed by atoms with van der Waals surface area (Å²) in [7, 11) is -3.81. The summed E-state index contributed by atoms with van der Waals surface area (Å²) < 4.78 is 27.9. The number of fused-ring (bicyclic) bond motifs is 1. The average molecular weight is 377 g/mol. The molecule has 8 heteroatoms. The Labute approximate surface area is 132 Å². The number of sulfonamides is 1. The molecule has 0 saturated heterocycles. The molecule has 3 N–H and O–H groups in total. The molecule has 1 aliphatic rings. The van der Waals surface area contributed by atoms with Crippen molar-refractivity contribution >= 4 is 37.5 Å². The van der Waals surface area contributed by atoms with Gasteiger partial charge in [0.1, 0.15) is 0 Å². The first-order valence-electron chi connectivity index (χ1n) is 6.48. The Bertz CT molecular complexity index is 684. The van der Waals surface area contributed by atoms with E-state index < -0.39 is 15.6 Å². The Hall–Kier alpha value is -0.960. The molecule has 116 valence electrons. The van der Waals surface area contributed by atoms with Crippen LogP contribution in [-0.2, 0) is 21.2 Å². The van der Waals surface area contributed by atoms with Crippen LogP contribution < -0.4 is 10.0 Å². The lowest BCUT2D eigenvalue weighted by atomic mass is 10.0. The highest BCUT2D eigenvalue weighted by Crippen LogP contribution is 2.33. The molecule has 0 radical (unpaired) electrons. The fraction of sp³-hybridized carbons (Fsp3) is 0.462. The van der Waals surface area contributed by atoms with Crippen molar-refractivity contribution in [1.29, 1.82) is 0 Å². The lowest BCUT2D eigenvalue weighted by Crippen LogP contribution is -2.48. The smallest absolute Gasteiger partial charge is 0.242 e. The molecule has 0 spiro atoms. The van der Waals surface area contributed by atoms with Gasteiger partial charge in [0, 0.05) is 10.2 Å². The number of amides is 1. The van der Waals surface area contributed by atoms with Gasteiger partial charge in [-0.25, -0.2) is 13.1 Å². The number of nitrogens with one attached hydrogen (secondary N) is 2. The van der Waals surface area contributed by atoms with E-state index in [1.165, 1.54) is 6.07 Å². The van der Waals surface area contributed by atoms with E-state index in [0.29, 0.717) is 22.1 Å². The molecular formula is C13H17BrN2O4S. The van der Waals surface area contributed by atoms with Crippen molar-refractivity contribution in [2.75, 3.05) is 11.9 Å². The predicted octanol–water partition coefficient (Wildman–Crippen LogP) is 1.38. The third-order valence-corrected chi connectivity index (χ3v) is 6.18. The molecule has 1 aromatic rings. The van der Waals surface area contributed by atoms with Crippen LogP contribution in [0.15, 0.2) is 21.5 Å². The van der Waals surface area contributed by atoms with Crippen LogP contribution in [0.4, 0.5) is 5.69 Å². The highest BCUT2D eigenvalue weighted by Gasteiger charge is 2.31. The summed E-state index contributed by atoms with van der Waals surface area (Å²) in [5.41, 5.74) is 0.336. The van der Waals surface area contributed by atoms with Gasteiger partial charge >= 0.3 is 0 Å². The Morgan fingerprint density at radius 3 is 2.71 bits per heavy atom. The molecule has 1 unspecified atom stereocenters. The highest BCUT2D eigenvalue weighted by molar-refractivity contribution is 9.10. The van der Waals surface area contributed by atoms with E-state index in [9.17, 15) is 18.3 Å². The molecule has 21 heavy (non-hydrogen) atoms. The summed E-state index contributed by atoms with van der Waals surface area (Å²) in [4.78, 5) is 11.4. The molecule has 0 aromatic heterocycles. The number of rotatable bonds is 5. The molecule has 2 rings (SSSR count). The lowest BCUT2D eigenvalue weighted by Gasteiger charge is -2.27. The average Bonchev–Trinajstić information content (AvgIpc) is 2.76. The van der Waals surface area contributed by atoms with Crippen molar-refractivity contribution < 1.29 is 18.3 Å². The summed E-state index contributed by atoms with van der Waals surface area (Å²) >= 11 is 3.22. The fourth-order valence-corrected chi connectivity index (χ4v) is 4.59. The van der Waals surface area contributed by atoms with Gasteiger partial charge in [0.15, 0.2) is 0 Å². The summed E-state index contributed by atoms with van der Waals surface area (Å²) in [6, 6.07) is 3.06. The predicted molar refractivity (Wildman–Crippen MR) is 82.6 cm³/mol. The number of hydrogen-bond acceptors (Lipinski definition) is 4. The van der Waals surface area contributed by atoms with E-state index in [2.05, 4.69) is 26.0 Å². The molecule has 1 atom stereocenters. The minimum absolute atomic E-state index is 0.0610. The summed E-state index contributed by atoms with van der Waals surface area (Å²) in [6.45, 7) is 3.13. The fourth-order valence-electron chi connectivity index (χ4n) is 2.03. The van der Waals surface area contributed by atoms with Gasteiger partial charge in [-0.1, -0.05) is 6.92 Å². The zero-order valence-corrected chi connectivity index (χ0v) is 14.1. The molecule has 1 amide bonds. The maximum atomic E-state index is 12.5. The van der Waals surface area contributed by atoms with Gasteiger partial charge in [-0.05, 0) is 47.0 Å². The number of carbonyl (C=O) groups excluding carboxylic acids is 1. The summed E-state index contributed by atoms with van der Waals surface area (Å²) in [5.74, 6) is -0.159. The van der Waals surface area contributed by atoms with Crippen LogP contribution >= 0.6 is 15.9 Å². The molecule has 1 heterocycles. The van der Waals surface area contributed by atoms with Crippen molar-refractivity contribution in [1.82, 2.24) is 4.72 Å². The molecular weight excluding hydrogens is 360 g/mol. The first-order chi connectivity index (χ1) is 9.70. The van der Waals surface area contributed by atoms with Crippen molar-refractivity contribution in [3.63, 3.8) is 0 Å². The Morgan fingerprint density at radius 2 is 2.14 bits per heavy atom. The van der Waals surface area contributed by atoms with Gasteiger partial charge in [0.2, 0.25) is 15.9 Å². The third-order valence-electron chi connectivity index (χ3n) is 3.58. The third kappa shape index (κ3) is 3.28. The highest BCUT2D eigenvalue weighted by atomic mass is 79.9. The van der Waals surface area contributed by atoms with E-state index in [1.807, 2.05) is 0 Å². The Morgan fingerprint density at radius 1 is 1.48 bits per heavy atom. The van der Waals surface area contributed by atoms with Gasteiger partial charge in [-0.2, -0.15) is 0 Å². The van der Waals surface area contributed by atoms with Crippen molar-refractivity contribution in [3.8, 4) is 0 Å². The Balaban J connectivity index is 2.42. The van der Waals surface area contributed by atoms with Gasteiger partial charge in [-0.3, -0.25) is 4.79 Å². The first kappa shape index (κ1) is 16.4. The van der Waals surface area contributed by atoms with Crippen molar-refractivity contribution in [2.45, 2.75) is 37.1 Å². The second-order valence-electron chi connectivity index (χ2n) is 5.34. The monoisotopic (exact) mass is 376 g/mol. The Kier molecular flexibility index (Phi) is 4.44. The number of halogens is 1. The van der Waals surface area contributed by atoms with Crippen LogP contribution in [0.2, 0.25) is 0 Å². The van der Waals surface area contributed by atoms with Crippen LogP contribution in [0, 0.1) is 0 Å². The maximum absolute atomic E-state index is 12.5. The first-order valence-corrected chi connectivity index (χ1v) is 8.75. The van der Waals surface area contributed by atoms with E-state index in [-0.39, 0.29) is 23.8 Å². The number of aliphatic hydroxyl groups excluding tert-OH is 1. The lowest BCUT2D eigenvalue weighted by molar-refractivity contribution is -0.115. The molecule has 0 aliphatic carbocycles. The minimum atomic E-state index is -3.81. The van der Waals surface area contributed by atoms with Gasteiger partial charge in [0.25, 0.3) is 0 Å². The number of anilines is 1. The van der Waals surface area contributed by atoms with Gasteiger partial charge in [0.05, 0.1) is 23.5 Å². The van der Waals surface area contributed by atoms with E-state index in [0.717, 1.165) is 0 Å². The topological polar surface area (TPSA) is 95.5 Å². The SMILES string of the molecule is CCC(C)(CO)NS(=O)(=O)c1cc2c(cc1Br)NC(=O)C2. The van der Waals surface area contributed by atoms with E-state index in [1.54, 1.807) is 19.9 Å². The quantitative estimate of drug-likeness (QED) is 0.723. The zero-order chi connectivity index (χ0) is 15.8. The van der Waals surface area contributed by atoms with Crippen LogP contribution in [0.3, 0.4) is 0 Å². The molecule has 1 aromatic carbocycles. The van der Waals surface area contributed by atoms with E-state index in [4.69, 9.17) is 0 Å². The summed E-state index contributed by atoms with van der Waals surface area (Å²) in [5, 5.41) is 12.0. The normalized spacial score (nSPS) is 17.2. The maximum Gasteiger partial charge on any atom is 0.242 e. The molecule has 0 fully saturated rings. The van der Waals surface area contributed by atoms with Crippen molar-refractivity contribution in [3.05, 3.63) is 22.2 Å². The van der Waals surface area contributed by atoms with Crippen LogP contribution in [0.25, 0.3) is 0 Å². The summed E-state index contributed by atoms with van der Waals surface area (Å²) in [6.07, 6.45) is 0.613. The molecule has 0 bridgehead atoms. The zero-order valence-electron chi connectivity index (χ0n) is 11.7. The molecule has 1 aliphatic heterocycles. The largest absolute Gasteiger partial charge is 0.394 e. The van der Waals surface area contributed by atoms with Crippen LogP contribution in [-0.4, -0.2) is 31.6 Å². The molecule has 6 nitrogen and oxygen atoms in total. The second-order valence-corrected chi connectivity index (χ2v) is 7.85. The van der Waals surface area contributed by atoms with E-state index >= 15 is 0 Å². The number of hydrogen-bond donors (Lipinski definition) is 3. The number of carbonyl (C=O) groups is 1. The number of aliphatic hydroxyl groups is 1. The van der Waals surface area contributed by atoms with Crippen LogP contribution in [0.1, 0.15) is 25.8 Å². The van der Waals surface area contributed by atoms with Gasteiger partial charge < -0.3 is 10.4 Å². The second kappa shape index (κ2) is 5.68. The standard InChI is InChI=1S/C13H17BrN2O4S/c1-3-13(2,7-17)16-21(19,20)11-4-8-5-12(18)15-10(8)6-9(11)14/h4,6,16-17H,3,5,7H2,1-2H3,(H,15,18). The van der Waals surface area contributed by atoms with Gasteiger partial charge in [-0.15, -0.1) is 0 Å².